The number of carbonyl (C=O) groups is 1. The molecule has 0 fully saturated rings. The number of esters is 1. The summed E-state index contributed by atoms with van der Waals surface area (Å²) >= 11 is 0. The van der Waals surface area contributed by atoms with Gasteiger partial charge >= 0.3 is 5.97 Å². The number of rotatable bonds is 4. The van der Waals surface area contributed by atoms with Crippen molar-refractivity contribution >= 4 is 17.5 Å². The summed E-state index contributed by atoms with van der Waals surface area (Å²) in [6.07, 6.45) is 0. The Balaban J connectivity index is 2.83. The predicted molar refractivity (Wildman–Crippen MR) is 60.3 cm³/mol. The van der Waals surface area contributed by atoms with E-state index < -0.39 is 6.04 Å². The van der Waals surface area contributed by atoms with Crippen LogP contribution in [0.25, 0.3) is 0 Å². The van der Waals surface area contributed by atoms with Crippen molar-refractivity contribution in [2.45, 2.75) is 13.0 Å². The fraction of sp³-hybridized carbons (Fsp3) is 0.400. The Morgan fingerprint density at radius 3 is 2.75 bits per heavy atom. The minimum atomic E-state index is -0.521. The molecular weight excluding hydrogens is 210 g/mol. The third-order valence-electron chi connectivity index (χ3n) is 2.02. The van der Waals surface area contributed by atoms with Gasteiger partial charge in [0.15, 0.2) is 5.82 Å². The Labute approximate surface area is 93.8 Å². The molecule has 6 heteroatoms. The lowest BCUT2D eigenvalue weighted by atomic mass is 10.3. The van der Waals surface area contributed by atoms with Crippen LogP contribution in [0.1, 0.15) is 6.92 Å². The summed E-state index contributed by atoms with van der Waals surface area (Å²) in [5.74, 6) is 0.440. The summed E-state index contributed by atoms with van der Waals surface area (Å²) in [4.78, 5) is 15.3. The monoisotopic (exact) mass is 225 g/mol. The molecule has 16 heavy (non-hydrogen) atoms. The molecule has 1 aromatic rings. The van der Waals surface area contributed by atoms with E-state index in [1.54, 1.807) is 19.1 Å². The van der Waals surface area contributed by atoms with E-state index in [2.05, 4.69) is 15.0 Å². The Hall–Kier alpha value is -1.98. The highest BCUT2D eigenvalue weighted by molar-refractivity contribution is 5.79. The van der Waals surface area contributed by atoms with Crippen molar-refractivity contribution in [3.05, 3.63) is 12.1 Å². The van der Waals surface area contributed by atoms with Gasteiger partial charge in [-0.15, -0.1) is 0 Å². The van der Waals surface area contributed by atoms with E-state index in [4.69, 9.17) is 10.5 Å². The molecule has 0 radical (unpaired) electrons. The SMILES string of the molecule is COC(=O)C(C)Nc1nc(OC)ccc1N. The lowest BCUT2D eigenvalue weighted by Crippen LogP contribution is -2.28. The van der Waals surface area contributed by atoms with Gasteiger partial charge in [0.1, 0.15) is 6.04 Å². The average molecular weight is 225 g/mol. The second-order valence-corrected chi connectivity index (χ2v) is 3.18. The molecule has 0 bridgehead atoms. The molecule has 1 aromatic heterocycles. The lowest BCUT2D eigenvalue weighted by Gasteiger charge is -2.14. The number of hydrogen-bond acceptors (Lipinski definition) is 6. The fourth-order valence-corrected chi connectivity index (χ4v) is 1.12. The van der Waals surface area contributed by atoms with Gasteiger partial charge in [-0.05, 0) is 13.0 Å². The van der Waals surface area contributed by atoms with Crippen molar-refractivity contribution in [2.24, 2.45) is 0 Å². The van der Waals surface area contributed by atoms with E-state index in [0.717, 1.165) is 0 Å². The Kier molecular flexibility index (Phi) is 3.93. The van der Waals surface area contributed by atoms with Crippen molar-refractivity contribution in [2.75, 3.05) is 25.3 Å². The maximum atomic E-state index is 11.2. The fourth-order valence-electron chi connectivity index (χ4n) is 1.12. The van der Waals surface area contributed by atoms with Gasteiger partial charge in [-0.1, -0.05) is 0 Å². The maximum Gasteiger partial charge on any atom is 0.328 e. The molecule has 1 heterocycles. The van der Waals surface area contributed by atoms with Crippen molar-refractivity contribution in [1.29, 1.82) is 0 Å². The van der Waals surface area contributed by atoms with Crippen LogP contribution in [-0.2, 0) is 9.53 Å². The largest absolute Gasteiger partial charge is 0.481 e. The van der Waals surface area contributed by atoms with Crippen molar-refractivity contribution in [3.63, 3.8) is 0 Å². The summed E-state index contributed by atoms with van der Waals surface area (Å²) in [6, 6.07) is 2.77. The summed E-state index contributed by atoms with van der Waals surface area (Å²) in [6.45, 7) is 1.66. The van der Waals surface area contributed by atoms with Crippen LogP contribution in [0.15, 0.2) is 12.1 Å². The summed E-state index contributed by atoms with van der Waals surface area (Å²) in [5, 5.41) is 2.84. The summed E-state index contributed by atoms with van der Waals surface area (Å²) in [7, 11) is 2.83. The molecule has 3 N–H and O–H groups in total. The topological polar surface area (TPSA) is 86.5 Å². The molecule has 6 nitrogen and oxygen atoms in total. The second-order valence-electron chi connectivity index (χ2n) is 3.18. The van der Waals surface area contributed by atoms with E-state index in [-0.39, 0.29) is 5.97 Å². The van der Waals surface area contributed by atoms with Gasteiger partial charge < -0.3 is 20.5 Å². The van der Waals surface area contributed by atoms with Crippen LogP contribution in [-0.4, -0.2) is 31.2 Å². The molecule has 88 valence electrons. The Morgan fingerprint density at radius 1 is 1.50 bits per heavy atom. The third-order valence-corrected chi connectivity index (χ3v) is 2.02. The number of nitrogen functional groups attached to an aromatic ring is 1. The molecular formula is C10H15N3O3. The maximum absolute atomic E-state index is 11.2. The number of nitrogens with one attached hydrogen (secondary N) is 1. The Morgan fingerprint density at radius 2 is 2.19 bits per heavy atom. The van der Waals surface area contributed by atoms with E-state index in [0.29, 0.717) is 17.4 Å². The zero-order chi connectivity index (χ0) is 12.1. The first-order chi connectivity index (χ1) is 7.58. The highest BCUT2D eigenvalue weighted by atomic mass is 16.5. The number of nitrogens with zero attached hydrogens (tertiary/aromatic N) is 1. The molecule has 0 saturated heterocycles. The Bertz CT molecular complexity index is 382. The molecule has 0 aliphatic carbocycles. The molecule has 1 rings (SSSR count). The summed E-state index contributed by atoms with van der Waals surface area (Å²) < 4.78 is 9.53. The lowest BCUT2D eigenvalue weighted by molar-refractivity contribution is -0.141. The number of methoxy groups -OCH3 is 2. The molecule has 1 atom stereocenters. The smallest absolute Gasteiger partial charge is 0.328 e. The van der Waals surface area contributed by atoms with Gasteiger partial charge in [0.05, 0.1) is 19.9 Å². The van der Waals surface area contributed by atoms with Crippen LogP contribution in [0.3, 0.4) is 0 Å². The second kappa shape index (κ2) is 5.20. The van der Waals surface area contributed by atoms with Gasteiger partial charge in [-0.25, -0.2) is 4.79 Å². The first-order valence-electron chi connectivity index (χ1n) is 4.73. The van der Waals surface area contributed by atoms with Gasteiger partial charge in [0.2, 0.25) is 5.88 Å². The van der Waals surface area contributed by atoms with Crippen molar-refractivity contribution in [3.8, 4) is 5.88 Å². The number of ether oxygens (including phenoxy) is 2. The number of carbonyl (C=O) groups excluding carboxylic acids is 1. The van der Waals surface area contributed by atoms with Gasteiger partial charge in [-0.3, -0.25) is 0 Å². The quantitative estimate of drug-likeness (QED) is 0.731. The number of aromatic nitrogens is 1. The molecule has 0 aliphatic rings. The molecule has 0 saturated carbocycles. The number of hydrogen-bond donors (Lipinski definition) is 2. The van der Waals surface area contributed by atoms with Crippen LogP contribution in [0.5, 0.6) is 5.88 Å². The first-order valence-corrected chi connectivity index (χ1v) is 4.73. The van der Waals surface area contributed by atoms with E-state index in [9.17, 15) is 4.79 Å². The van der Waals surface area contributed by atoms with Crippen LogP contribution in [0.2, 0.25) is 0 Å². The van der Waals surface area contributed by atoms with Gasteiger partial charge in [-0.2, -0.15) is 4.98 Å². The molecule has 0 spiro atoms. The van der Waals surface area contributed by atoms with Crippen LogP contribution in [0.4, 0.5) is 11.5 Å². The zero-order valence-corrected chi connectivity index (χ0v) is 9.48. The highest BCUT2D eigenvalue weighted by Crippen LogP contribution is 2.20. The number of nitrogens with two attached hydrogens (primary N) is 1. The standard InChI is InChI=1S/C10H15N3O3/c1-6(10(14)16-3)12-9-7(11)4-5-8(13-9)15-2/h4-6H,11H2,1-3H3,(H,12,13). The predicted octanol–water partition coefficient (Wildman–Crippen LogP) is 0.646. The highest BCUT2D eigenvalue weighted by Gasteiger charge is 2.14. The first kappa shape index (κ1) is 12.1. The van der Waals surface area contributed by atoms with E-state index >= 15 is 0 Å². The summed E-state index contributed by atoms with van der Waals surface area (Å²) in [5.41, 5.74) is 6.14. The minimum Gasteiger partial charge on any atom is -0.481 e. The normalized spacial score (nSPS) is 11.7. The van der Waals surface area contributed by atoms with Crippen molar-refractivity contribution < 1.29 is 14.3 Å². The molecule has 0 amide bonds. The third kappa shape index (κ3) is 2.75. The number of pyridine rings is 1. The van der Waals surface area contributed by atoms with E-state index in [1.807, 2.05) is 0 Å². The molecule has 0 aromatic carbocycles. The van der Waals surface area contributed by atoms with Crippen LogP contribution >= 0.6 is 0 Å². The van der Waals surface area contributed by atoms with E-state index in [1.165, 1.54) is 14.2 Å². The van der Waals surface area contributed by atoms with Gasteiger partial charge in [0.25, 0.3) is 0 Å². The molecule has 1 unspecified atom stereocenters. The average Bonchev–Trinajstić information content (AvgIpc) is 2.30. The van der Waals surface area contributed by atoms with Crippen molar-refractivity contribution in [1.82, 2.24) is 4.98 Å². The minimum absolute atomic E-state index is 0.385. The number of anilines is 2. The van der Waals surface area contributed by atoms with Crippen LogP contribution in [0, 0.1) is 0 Å². The zero-order valence-electron chi connectivity index (χ0n) is 9.48. The van der Waals surface area contributed by atoms with Crippen LogP contribution < -0.4 is 15.8 Å². The molecule has 0 aliphatic heterocycles. The van der Waals surface area contributed by atoms with Gasteiger partial charge in [0, 0.05) is 6.07 Å².